The molecular weight excluding hydrogens is 878 g/mol. The van der Waals surface area contributed by atoms with Crippen molar-refractivity contribution in [3.63, 3.8) is 0 Å². The van der Waals surface area contributed by atoms with Crippen LogP contribution in [0.15, 0.2) is 68.7 Å². The SMILES string of the molecule is CON1C(=O)C23[C@@H]4O[C@@H]([C@@H]5[C@H]4[C@]4(Cl)C(Cl)=C(Cl)[C@]5(Cl)c5nc6ccccc6nc54)C2(C1=O)[C@@H]1O[C@H]3[C@@H]2[C@H]1[C@@]1(Cl)C(Cl)=C(Cl)[C@@]2(Cl)c2nc3ccccc3nc21. The molecule has 2 amide bonds. The number of ether oxygens (including phenoxy) is 2. The van der Waals surface area contributed by atoms with Gasteiger partial charge in [-0.25, -0.2) is 19.9 Å². The van der Waals surface area contributed by atoms with Crippen LogP contribution in [-0.2, 0) is 43.4 Å². The lowest BCUT2D eigenvalue weighted by atomic mass is 9.37. The molecule has 4 aromatic rings. The molecule has 0 radical (unpaired) electrons. The van der Waals surface area contributed by atoms with E-state index in [1.165, 1.54) is 7.11 Å². The van der Waals surface area contributed by atoms with Gasteiger partial charge in [-0.1, -0.05) is 70.7 Å². The summed E-state index contributed by atoms with van der Waals surface area (Å²) in [5.41, 5.74) is -0.233. The maximum Gasteiger partial charge on any atom is 0.266 e. The summed E-state index contributed by atoms with van der Waals surface area (Å²) in [6, 6.07) is 14.5. The lowest BCUT2D eigenvalue weighted by molar-refractivity contribution is -0.194. The number of aromatic nitrogens is 4. The van der Waals surface area contributed by atoms with Crippen molar-refractivity contribution in [2.75, 3.05) is 7.11 Å². The van der Waals surface area contributed by atoms with Crippen molar-refractivity contribution in [2.45, 2.75) is 43.9 Å². The smallest absolute Gasteiger partial charge is 0.266 e. The number of carbonyl (C=O) groups excluding carboxylic acids is 2. The molecule has 11 aliphatic rings. The minimum atomic E-state index is -1.79. The van der Waals surface area contributed by atoms with Gasteiger partial charge in [0.05, 0.1) is 96.5 Å². The number of hydroxylamine groups is 2. The van der Waals surface area contributed by atoms with Crippen LogP contribution in [0.4, 0.5) is 0 Å². The van der Waals surface area contributed by atoms with Gasteiger partial charge in [0, 0.05) is 23.7 Å². The average Bonchev–Trinajstić information content (AvgIpc) is 3.98. The van der Waals surface area contributed by atoms with E-state index in [0.717, 1.165) is 5.06 Å². The van der Waals surface area contributed by atoms with Crippen LogP contribution in [-0.4, -0.2) is 68.3 Å². The number of allylic oxidation sites excluding steroid dienone is 4. The summed E-state index contributed by atoms with van der Waals surface area (Å²) in [7, 11) is 1.26. The second kappa shape index (κ2) is 9.69. The molecule has 278 valence electrons. The maximum atomic E-state index is 15.3. The molecule has 55 heavy (non-hydrogen) atoms. The molecule has 0 saturated carbocycles. The van der Waals surface area contributed by atoms with Crippen molar-refractivity contribution in [2.24, 2.45) is 34.5 Å². The highest BCUT2D eigenvalue weighted by molar-refractivity contribution is 6.51. The quantitative estimate of drug-likeness (QED) is 0.143. The van der Waals surface area contributed by atoms with Gasteiger partial charge >= 0.3 is 0 Å². The fourth-order valence-corrected chi connectivity index (χ4v) is 16.3. The average molecular weight is 897 g/mol. The zero-order valence-corrected chi connectivity index (χ0v) is 33.6. The molecule has 18 heteroatoms. The van der Waals surface area contributed by atoms with Crippen molar-refractivity contribution < 1.29 is 23.9 Å². The van der Waals surface area contributed by atoms with E-state index in [1.807, 2.05) is 24.3 Å². The Labute approximate surface area is 350 Å². The molecule has 0 N–H and O–H groups in total. The Morgan fingerprint density at radius 1 is 0.527 bits per heavy atom. The third-order valence-corrected chi connectivity index (χ3v) is 19.4. The number of amides is 2. The Morgan fingerprint density at radius 3 is 1.02 bits per heavy atom. The standard InChI is InChI=1S/C37H19Cl8N5O5/c1-53-50-30(51)32-26-14-15(35(43)19(39)18(38)34(14,42)22-23(35)47-11-7-3-2-6-10(11)46-22)27(54-26)33(32,31(50)52)29-17-16(28(32)55-29)36(44)20(40)21(41)37(17,45)25-24(36)48-12-8-4-5-9-13(12)49-25/h2-9,14-17,26-29H,1H3/t14-,15+,16+,17-,26-,27+,28+,29-,32?,33?,34-,35-,36+,37+. The first kappa shape index (κ1) is 33.9. The molecule has 2 unspecified atom stereocenters. The van der Waals surface area contributed by atoms with Gasteiger partial charge in [-0.3, -0.25) is 14.4 Å². The van der Waals surface area contributed by atoms with Crippen LogP contribution in [0.3, 0.4) is 0 Å². The fourth-order valence-electron chi connectivity index (χ4n) is 12.8. The molecule has 6 aliphatic carbocycles. The molecule has 5 saturated heterocycles. The van der Waals surface area contributed by atoms with Crippen LogP contribution >= 0.6 is 92.8 Å². The highest BCUT2D eigenvalue weighted by Gasteiger charge is 3.01. The number of hydrogen-bond donors (Lipinski definition) is 0. The predicted octanol–water partition coefficient (Wildman–Crippen LogP) is 7.37. The maximum absolute atomic E-state index is 15.3. The number of halogens is 8. The summed E-state index contributed by atoms with van der Waals surface area (Å²) in [5.74, 6) is -4.86. The molecule has 0 spiro atoms. The molecule has 15 rings (SSSR count). The number of rotatable bonds is 1. The third kappa shape index (κ3) is 2.91. The first-order chi connectivity index (χ1) is 26.2. The summed E-state index contributed by atoms with van der Waals surface area (Å²) in [6.07, 6.45) is -4.62. The zero-order valence-electron chi connectivity index (χ0n) is 27.5. The highest BCUT2D eigenvalue weighted by atomic mass is 35.5. The van der Waals surface area contributed by atoms with E-state index in [1.54, 1.807) is 24.3 Å². The normalized spacial score (nSPS) is 47.3. The van der Waals surface area contributed by atoms with E-state index >= 15 is 9.59 Å². The van der Waals surface area contributed by atoms with Crippen molar-refractivity contribution in [1.82, 2.24) is 25.0 Å². The van der Waals surface area contributed by atoms with Crippen molar-refractivity contribution in [1.29, 1.82) is 0 Å². The van der Waals surface area contributed by atoms with E-state index in [4.69, 9.17) is 127 Å². The van der Waals surface area contributed by atoms with Gasteiger partial charge < -0.3 is 9.47 Å². The minimum absolute atomic E-state index is 0.0312. The number of carbonyl (C=O) groups is 2. The molecule has 5 aliphatic heterocycles. The first-order valence-electron chi connectivity index (χ1n) is 17.4. The van der Waals surface area contributed by atoms with Crippen molar-refractivity contribution in [3.05, 3.63) is 91.4 Å². The molecule has 10 nitrogen and oxygen atoms in total. The highest BCUT2D eigenvalue weighted by Crippen LogP contribution is 2.88. The summed E-state index contributed by atoms with van der Waals surface area (Å²) in [4.78, 5) is 49.5. The number of para-hydroxylation sites is 4. The molecule has 2 aromatic carbocycles. The second-order valence-corrected chi connectivity index (χ2v) is 19.7. The Bertz CT molecular complexity index is 2400. The van der Waals surface area contributed by atoms with Gasteiger partial charge in [0.25, 0.3) is 11.8 Å². The number of imide groups is 1. The Balaban J connectivity index is 1.11. The third-order valence-electron chi connectivity index (χ3n) is 14.4. The summed E-state index contributed by atoms with van der Waals surface area (Å²) in [5, 5.41) is 0.913. The predicted molar refractivity (Wildman–Crippen MR) is 202 cm³/mol. The van der Waals surface area contributed by atoms with Gasteiger partial charge in [-0.05, 0) is 24.3 Å². The van der Waals surface area contributed by atoms with Gasteiger partial charge in [-0.2, -0.15) is 5.06 Å². The van der Waals surface area contributed by atoms with Gasteiger partial charge in [0.15, 0.2) is 0 Å². The van der Waals surface area contributed by atoms with E-state index in [0.29, 0.717) is 22.1 Å². The summed E-state index contributed by atoms with van der Waals surface area (Å²) in [6.45, 7) is 0. The van der Waals surface area contributed by atoms with Crippen LogP contribution in [0.5, 0.6) is 0 Å². The Morgan fingerprint density at radius 2 is 0.782 bits per heavy atom. The molecule has 2 aromatic heterocycles. The summed E-state index contributed by atoms with van der Waals surface area (Å²) >= 11 is 60.3. The zero-order chi connectivity index (χ0) is 37.9. The molecular formula is C37H19Cl8N5O5. The molecule has 7 heterocycles. The number of nitrogens with zero attached hydrogens (tertiary/aromatic N) is 5. The largest absolute Gasteiger partial charge is 0.372 e. The van der Waals surface area contributed by atoms with Gasteiger partial charge in [0.1, 0.15) is 30.3 Å². The second-order valence-electron chi connectivity index (χ2n) is 15.8. The lowest BCUT2D eigenvalue weighted by Gasteiger charge is -2.64. The van der Waals surface area contributed by atoms with Crippen LogP contribution in [0.1, 0.15) is 22.8 Å². The van der Waals surface area contributed by atoms with Crippen LogP contribution in [0.25, 0.3) is 22.1 Å². The van der Waals surface area contributed by atoms with Crippen LogP contribution < -0.4 is 0 Å². The summed E-state index contributed by atoms with van der Waals surface area (Å²) < 4.78 is 14.1. The number of fused-ring (bicyclic) bond motifs is 6. The topological polar surface area (TPSA) is 117 Å². The van der Waals surface area contributed by atoms with E-state index in [9.17, 15) is 0 Å². The first-order valence-corrected chi connectivity index (χ1v) is 20.4. The molecule has 8 bridgehead atoms. The van der Waals surface area contributed by atoms with E-state index in [2.05, 4.69) is 0 Å². The Kier molecular flexibility index (Phi) is 5.97. The Hall–Kier alpha value is -2.06. The van der Waals surface area contributed by atoms with Gasteiger partial charge in [-0.15, -0.1) is 46.4 Å². The van der Waals surface area contributed by atoms with Crippen molar-refractivity contribution in [3.8, 4) is 0 Å². The molecule has 14 atom stereocenters. The monoisotopic (exact) mass is 893 g/mol. The lowest BCUT2D eigenvalue weighted by Crippen LogP contribution is -2.75. The van der Waals surface area contributed by atoms with E-state index in [-0.39, 0.29) is 42.9 Å². The van der Waals surface area contributed by atoms with Crippen molar-refractivity contribution >= 4 is 127 Å². The number of benzene rings is 2. The van der Waals surface area contributed by atoms with Gasteiger partial charge in [0.2, 0.25) is 0 Å². The minimum Gasteiger partial charge on any atom is -0.372 e. The number of hydrogen-bond acceptors (Lipinski definition) is 9. The van der Waals surface area contributed by atoms with Crippen LogP contribution in [0, 0.1) is 34.5 Å². The number of alkyl halides is 4. The molecule has 5 fully saturated rings. The van der Waals surface area contributed by atoms with Crippen LogP contribution in [0.2, 0.25) is 0 Å². The van der Waals surface area contributed by atoms with E-state index < -0.39 is 90.2 Å². The fraction of sp³-hybridized carbons (Fsp3) is 0.405.